The Bertz CT molecular complexity index is 386. The summed E-state index contributed by atoms with van der Waals surface area (Å²) < 4.78 is 31.0. The molecule has 0 aliphatic carbocycles. The summed E-state index contributed by atoms with van der Waals surface area (Å²) in [6, 6.07) is 1.17. The smallest absolute Gasteiger partial charge is 0.308 e. The first kappa shape index (κ1) is 10.6. The Hall–Kier alpha value is -1.45. The van der Waals surface area contributed by atoms with Crippen molar-refractivity contribution in [3.05, 3.63) is 28.8 Å². The highest BCUT2D eigenvalue weighted by Gasteiger charge is 2.15. The van der Waals surface area contributed by atoms with Gasteiger partial charge < -0.3 is 4.74 Å². The van der Waals surface area contributed by atoms with Gasteiger partial charge >= 0.3 is 5.97 Å². The van der Waals surface area contributed by atoms with E-state index in [0.717, 1.165) is 6.92 Å². The predicted molar refractivity (Wildman–Crippen MR) is 47.1 cm³/mol. The van der Waals surface area contributed by atoms with Crippen LogP contribution in [0.1, 0.15) is 18.1 Å². The van der Waals surface area contributed by atoms with E-state index in [2.05, 4.69) is 4.74 Å². The molecule has 0 aromatic heterocycles. The molecule has 0 aliphatic heterocycles. The summed E-state index contributed by atoms with van der Waals surface area (Å²) >= 11 is 0. The van der Waals surface area contributed by atoms with Crippen LogP contribution >= 0.6 is 0 Å². The molecule has 1 aromatic rings. The molecule has 0 unspecified atom stereocenters. The fourth-order valence-corrected chi connectivity index (χ4v) is 1.13. The average molecular weight is 200 g/mol. The van der Waals surface area contributed by atoms with Gasteiger partial charge in [-0.05, 0) is 25.5 Å². The van der Waals surface area contributed by atoms with Crippen LogP contribution in [0.2, 0.25) is 0 Å². The van der Waals surface area contributed by atoms with Crippen LogP contribution in [0, 0.1) is 25.5 Å². The molecule has 76 valence electrons. The second kappa shape index (κ2) is 3.74. The molecule has 0 spiro atoms. The Morgan fingerprint density at radius 3 is 2.36 bits per heavy atom. The summed E-state index contributed by atoms with van der Waals surface area (Å²) in [6.07, 6.45) is 0. The predicted octanol–water partition coefficient (Wildman–Crippen LogP) is 2.51. The topological polar surface area (TPSA) is 26.3 Å². The van der Waals surface area contributed by atoms with Gasteiger partial charge in [0.2, 0.25) is 0 Å². The minimum absolute atomic E-state index is 0.138. The zero-order chi connectivity index (χ0) is 10.9. The highest BCUT2D eigenvalue weighted by atomic mass is 19.1. The van der Waals surface area contributed by atoms with E-state index < -0.39 is 17.6 Å². The van der Waals surface area contributed by atoms with E-state index >= 15 is 0 Å². The first-order valence-electron chi connectivity index (χ1n) is 4.07. The molecule has 0 heterocycles. The third-order valence-electron chi connectivity index (χ3n) is 1.82. The normalized spacial score (nSPS) is 10.1. The van der Waals surface area contributed by atoms with Gasteiger partial charge in [-0.1, -0.05) is 0 Å². The second-order valence-electron chi connectivity index (χ2n) is 3.04. The summed E-state index contributed by atoms with van der Waals surface area (Å²) in [5, 5.41) is 0. The molecule has 0 radical (unpaired) electrons. The van der Waals surface area contributed by atoms with Gasteiger partial charge in [0.15, 0.2) is 11.6 Å². The quantitative estimate of drug-likeness (QED) is 0.514. The monoisotopic (exact) mass is 200 g/mol. The zero-order valence-corrected chi connectivity index (χ0v) is 8.15. The van der Waals surface area contributed by atoms with Crippen LogP contribution in [0.3, 0.4) is 0 Å². The van der Waals surface area contributed by atoms with E-state index in [1.165, 1.54) is 19.9 Å². The fourth-order valence-electron chi connectivity index (χ4n) is 1.13. The van der Waals surface area contributed by atoms with Crippen molar-refractivity contribution in [1.29, 1.82) is 0 Å². The first-order valence-corrected chi connectivity index (χ1v) is 4.07. The maximum atomic E-state index is 13.3. The van der Waals surface area contributed by atoms with Gasteiger partial charge in [-0.2, -0.15) is 0 Å². The van der Waals surface area contributed by atoms with E-state index in [1.807, 2.05) is 0 Å². The molecule has 0 saturated carbocycles. The molecule has 1 aromatic carbocycles. The molecule has 0 amide bonds. The molecular weight excluding hydrogens is 190 g/mol. The number of rotatable bonds is 1. The van der Waals surface area contributed by atoms with E-state index in [9.17, 15) is 13.6 Å². The zero-order valence-electron chi connectivity index (χ0n) is 8.15. The molecule has 0 aliphatic rings. The van der Waals surface area contributed by atoms with Crippen LogP contribution in [0.25, 0.3) is 0 Å². The van der Waals surface area contributed by atoms with E-state index in [1.54, 1.807) is 0 Å². The summed E-state index contributed by atoms with van der Waals surface area (Å²) in [7, 11) is 0. The minimum Gasteiger partial charge on any atom is -0.424 e. The Morgan fingerprint density at radius 2 is 1.86 bits per heavy atom. The highest BCUT2D eigenvalue weighted by molar-refractivity contribution is 5.69. The number of hydrogen-bond donors (Lipinski definition) is 0. The number of hydrogen-bond acceptors (Lipinski definition) is 2. The van der Waals surface area contributed by atoms with Crippen molar-refractivity contribution in [2.75, 3.05) is 0 Å². The first-order chi connectivity index (χ1) is 6.43. The maximum Gasteiger partial charge on any atom is 0.308 e. The van der Waals surface area contributed by atoms with Gasteiger partial charge in [0.05, 0.1) is 0 Å². The van der Waals surface area contributed by atoms with Gasteiger partial charge in [-0.3, -0.25) is 4.79 Å². The molecule has 0 N–H and O–H groups in total. The third-order valence-corrected chi connectivity index (χ3v) is 1.82. The van der Waals surface area contributed by atoms with Gasteiger partial charge in [-0.25, -0.2) is 8.78 Å². The molecule has 0 atom stereocenters. The maximum absolute atomic E-state index is 13.3. The van der Waals surface area contributed by atoms with Gasteiger partial charge in [-0.15, -0.1) is 0 Å². The summed E-state index contributed by atoms with van der Waals surface area (Å²) in [5.74, 6) is -2.30. The lowest BCUT2D eigenvalue weighted by Crippen LogP contribution is -2.05. The lowest BCUT2D eigenvalue weighted by Gasteiger charge is -2.08. The third kappa shape index (κ3) is 1.89. The molecule has 0 fully saturated rings. The molecule has 2 nitrogen and oxygen atoms in total. The summed E-state index contributed by atoms with van der Waals surface area (Å²) in [6.45, 7) is 3.94. The fraction of sp³-hybridized carbons (Fsp3) is 0.300. The summed E-state index contributed by atoms with van der Waals surface area (Å²) in [5.41, 5.74) is 0.112. The van der Waals surface area contributed by atoms with E-state index in [0.29, 0.717) is 0 Å². The van der Waals surface area contributed by atoms with Crippen molar-refractivity contribution in [2.45, 2.75) is 20.8 Å². The molecule has 14 heavy (non-hydrogen) atoms. The average Bonchev–Trinajstić information content (AvgIpc) is 2.10. The molecule has 0 saturated heterocycles. The lowest BCUT2D eigenvalue weighted by atomic mass is 10.1. The molecule has 1 rings (SSSR count). The molecule has 4 heteroatoms. The minimum atomic E-state index is -0.830. The Morgan fingerprint density at radius 1 is 1.29 bits per heavy atom. The van der Waals surface area contributed by atoms with Crippen LogP contribution < -0.4 is 4.74 Å². The van der Waals surface area contributed by atoms with Crippen molar-refractivity contribution in [1.82, 2.24) is 0 Å². The number of aryl methyl sites for hydroxylation is 1. The number of carbonyl (C=O) groups is 1. The van der Waals surface area contributed by atoms with Crippen LogP contribution in [-0.2, 0) is 4.79 Å². The van der Waals surface area contributed by atoms with Crippen LogP contribution in [0.15, 0.2) is 6.07 Å². The van der Waals surface area contributed by atoms with Crippen LogP contribution in [0.5, 0.6) is 5.75 Å². The number of halogens is 2. The Labute approximate surface area is 80.5 Å². The number of carbonyl (C=O) groups excluding carboxylic acids is 1. The summed E-state index contributed by atoms with van der Waals surface area (Å²) in [4.78, 5) is 10.6. The van der Waals surface area contributed by atoms with Gasteiger partial charge in [0.1, 0.15) is 5.82 Å². The number of benzene rings is 1. The van der Waals surface area contributed by atoms with Crippen molar-refractivity contribution < 1.29 is 18.3 Å². The van der Waals surface area contributed by atoms with Crippen molar-refractivity contribution in [2.24, 2.45) is 0 Å². The van der Waals surface area contributed by atoms with Crippen LogP contribution in [0.4, 0.5) is 8.78 Å². The van der Waals surface area contributed by atoms with Crippen molar-refractivity contribution in [3.63, 3.8) is 0 Å². The highest BCUT2D eigenvalue weighted by Crippen LogP contribution is 2.25. The molecule has 0 bridgehead atoms. The second-order valence-corrected chi connectivity index (χ2v) is 3.04. The van der Waals surface area contributed by atoms with Crippen molar-refractivity contribution in [3.8, 4) is 5.75 Å². The standard InChI is InChI=1S/C10H10F2O2/c1-5-4-8(14-7(3)13)10(12)6(2)9(5)11/h4H,1-3H3. The Balaban J connectivity index is 3.25. The van der Waals surface area contributed by atoms with E-state index in [-0.39, 0.29) is 16.9 Å². The van der Waals surface area contributed by atoms with Crippen molar-refractivity contribution >= 4 is 5.97 Å². The molecular formula is C10H10F2O2. The largest absolute Gasteiger partial charge is 0.424 e. The van der Waals surface area contributed by atoms with Crippen LogP contribution in [-0.4, -0.2) is 5.97 Å². The number of ether oxygens (including phenoxy) is 1. The Kier molecular flexibility index (Phi) is 2.84. The SMILES string of the molecule is CC(=O)Oc1cc(C)c(F)c(C)c1F. The van der Waals surface area contributed by atoms with Gasteiger partial charge in [0, 0.05) is 12.5 Å². The van der Waals surface area contributed by atoms with Gasteiger partial charge in [0.25, 0.3) is 0 Å². The number of esters is 1. The van der Waals surface area contributed by atoms with E-state index in [4.69, 9.17) is 0 Å². The lowest BCUT2D eigenvalue weighted by molar-refractivity contribution is -0.132.